The second-order valence-corrected chi connectivity index (χ2v) is 29.4. The first-order valence-corrected chi connectivity index (χ1v) is 39.4. The van der Waals surface area contributed by atoms with E-state index < -0.39 is 97.5 Å². The number of carbonyl (C=O) groups is 4. The summed E-state index contributed by atoms with van der Waals surface area (Å²) in [5.41, 5.74) is 0. The number of esters is 4. The molecule has 0 bridgehead atoms. The Morgan fingerprint density at radius 2 is 0.573 bits per heavy atom. The molecule has 0 fully saturated rings. The summed E-state index contributed by atoms with van der Waals surface area (Å²) in [5.74, 6) is 0.0945. The van der Waals surface area contributed by atoms with Crippen molar-refractivity contribution in [1.29, 1.82) is 0 Å². The number of ether oxygens (including phenoxy) is 4. The van der Waals surface area contributed by atoms with Crippen molar-refractivity contribution in [1.82, 2.24) is 0 Å². The van der Waals surface area contributed by atoms with Crippen molar-refractivity contribution >= 4 is 39.5 Å². The van der Waals surface area contributed by atoms with E-state index in [2.05, 4.69) is 48.5 Å². The van der Waals surface area contributed by atoms with Gasteiger partial charge in [-0.05, 0) is 43.4 Å². The van der Waals surface area contributed by atoms with E-state index in [-0.39, 0.29) is 25.7 Å². The molecule has 0 aliphatic heterocycles. The lowest BCUT2D eigenvalue weighted by molar-refractivity contribution is -0.161. The zero-order chi connectivity index (χ0) is 65.9. The van der Waals surface area contributed by atoms with Gasteiger partial charge in [-0.2, -0.15) is 0 Å². The lowest BCUT2D eigenvalue weighted by Crippen LogP contribution is -2.30. The number of unbranched alkanes of at least 4 members (excludes halogenated alkanes) is 35. The Morgan fingerprint density at radius 1 is 0.326 bits per heavy atom. The average molecular weight is 1310 g/mol. The molecule has 3 N–H and O–H groups in total. The second kappa shape index (κ2) is 61.0. The van der Waals surface area contributed by atoms with Gasteiger partial charge in [-0.1, -0.05) is 299 Å². The van der Waals surface area contributed by atoms with Gasteiger partial charge >= 0.3 is 39.5 Å². The normalized spacial score (nSPS) is 14.5. The Kier molecular flexibility index (Phi) is 59.6. The SMILES string of the molecule is CCCCCCCCCCCCCCCCCC(=O)O[C@H](COC(=O)CCCCCCCCCCC(C)CC)COP(=O)(O)OC[C@@H](O)COP(=O)(O)OC[C@@H](COC(=O)CCCCCCCCCCC(C)C)OC(=O)CCCCCCCCCCC(C)C. The second-order valence-electron chi connectivity index (χ2n) is 26.5. The van der Waals surface area contributed by atoms with E-state index in [1.54, 1.807) is 0 Å². The monoisotopic (exact) mass is 1310 g/mol. The molecule has 0 aromatic rings. The van der Waals surface area contributed by atoms with E-state index in [4.69, 9.17) is 37.0 Å². The molecule has 0 aliphatic carbocycles. The van der Waals surface area contributed by atoms with Crippen LogP contribution >= 0.6 is 15.6 Å². The molecule has 89 heavy (non-hydrogen) atoms. The maximum Gasteiger partial charge on any atom is 0.472 e. The Balaban J connectivity index is 5.26. The Morgan fingerprint density at radius 3 is 0.854 bits per heavy atom. The van der Waals surface area contributed by atoms with Gasteiger partial charge in [-0.15, -0.1) is 0 Å². The number of aliphatic hydroxyl groups excluding tert-OH is 1. The Labute approximate surface area is 543 Å². The highest BCUT2D eigenvalue weighted by Gasteiger charge is 2.30. The van der Waals surface area contributed by atoms with Crippen LogP contribution in [0.2, 0.25) is 0 Å². The van der Waals surface area contributed by atoms with Gasteiger partial charge in [0.2, 0.25) is 0 Å². The molecule has 0 spiro atoms. The third-order valence-corrected chi connectivity index (χ3v) is 18.4. The van der Waals surface area contributed by atoms with Crippen LogP contribution in [0.4, 0.5) is 0 Å². The number of aliphatic hydroxyl groups is 1. The summed E-state index contributed by atoms with van der Waals surface area (Å²) in [5, 5.41) is 10.6. The van der Waals surface area contributed by atoms with Gasteiger partial charge in [0.1, 0.15) is 19.3 Å². The smallest absolute Gasteiger partial charge is 0.462 e. The van der Waals surface area contributed by atoms with E-state index in [9.17, 15) is 43.2 Å². The maximum atomic E-state index is 13.0. The highest BCUT2D eigenvalue weighted by Crippen LogP contribution is 2.45. The summed E-state index contributed by atoms with van der Waals surface area (Å²) < 4.78 is 68.3. The summed E-state index contributed by atoms with van der Waals surface area (Å²) in [6.45, 7) is 11.8. The van der Waals surface area contributed by atoms with Gasteiger partial charge in [-0.3, -0.25) is 37.3 Å². The van der Waals surface area contributed by atoms with E-state index in [1.165, 1.54) is 161 Å². The minimum Gasteiger partial charge on any atom is -0.462 e. The minimum absolute atomic E-state index is 0.104. The van der Waals surface area contributed by atoms with Gasteiger partial charge in [0.05, 0.1) is 26.4 Å². The van der Waals surface area contributed by atoms with Gasteiger partial charge in [0.15, 0.2) is 12.2 Å². The molecule has 0 radical (unpaired) electrons. The number of hydrogen-bond donors (Lipinski definition) is 3. The van der Waals surface area contributed by atoms with Crippen molar-refractivity contribution in [2.45, 2.75) is 369 Å². The number of hydrogen-bond acceptors (Lipinski definition) is 15. The van der Waals surface area contributed by atoms with Crippen LogP contribution in [0.3, 0.4) is 0 Å². The summed E-state index contributed by atoms with van der Waals surface area (Å²) >= 11 is 0. The summed E-state index contributed by atoms with van der Waals surface area (Å²) in [6.07, 6.45) is 44.4. The molecule has 3 unspecified atom stereocenters. The van der Waals surface area contributed by atoms with Crippen LogP contribution < -0.4 is 0 Å². The molecular weight excluding hydrogens is 1170 g/mol. The molecule has 6 atom stereocenters. The van der Waals surface area contributed by atoms with Crippen LogP contribution in [-0.2, 0) is 65.4 Å². The molecule has 0 saturated heterocycles. The largest absolute Gasteiger partial charge is 0.472 e. The fraction of sp³-hybridized carbons (Fsp3) is 0.943. The van der Waals surface area contributed by atoms with Crippen LogP contribution in [0.25, 0.3) is 0 Å². The molecule has 0 saturated carbocycles. The fourth-order valence-corrected chi connectivity index (χ4v) is 12.1. The van der Waals surface area contributed by atoms with Gasteiger partial charge in [0, 0.05) is 25.7 Å². The maximum absolute atomic E-state index is 13.0. The van der Waals surface area contributed by atoms with E-state index in [1.807, 2.05) is 0 Å². The van der Waals surface area contributed by atoms with E-state index in [0.717, 1.165) is 108 Å². The van der Waals surface area contributed by atoms with E-state index in [0.29, 0.717) is 25.7 Å². The van der Waals surface area contributed by atoms with Crippen molar-refractivity contribution in [3.05, 3.63) is 0 Å². The molecule has 0 rings (SSSR count). The number of phosphoric acid groups is 2. The summed E-state index contributed by atoms with van der Waals surface area (Å²) in [4.78, 5) is 72.5. The van der Waals surface area contributed by atoms with Crippen molar-refractivity contribution in [3.63, 3.8) is 0 Å². The number of carbonyl (C=O) groups excluding carboxylic acids is 4. The Bertz CT molecular complexity index is 1750. The third-order valence-electron chi connectivity index (χ3n) is 16.5. The minimum atomic E-state index is -4.95. The van der Waals surface area contributed by atoms with Crippen LogP contribution in [0.5, 0.6) is 0 Å². The summed E-state index contributed by atoms with van der Waals surface area (Å²) in [6, 6.07) is 0. The fourth-order valence-electron chi connectivity index (χ4n) is 10.5. The first kappa shape index (κ1) is 87.1. The lowest BCUT2D eigenvalue weighted by atomic mass is 9.99. The highest BCUT2D eigenvalue weighted by molar-refractivity contribution is 7.47. The van der Waals surface area contributed by atoms with Crippen molar-refractivity contribution in [2.75, 3.05) is 39.6 Å². The number of phosphoric ester groups is 2. The predicted molar refractivity (Wildman–Crippen MR) is 358 cm³/mol. The molecule has 0 heterocycles. The first-order chi connectivity index (χ1) is 42.8. The van der Waals surface area contributed by atoms with Crippen LogP contribution in [-0.4, -0.2) is 96.7 Å². The standard InChI is InChI=1S/C70H136O17P2/c1-8-10-11-12-13-14-15-16-17-18-19-20-32-39-46-53-69(74)86-65(57-81-68(73)52-45-38-31-26-23-29-36-43-50-63(7)9-2)59-84-88(76,77)82-55-64(71)56-83-89(78,79)85-60-66(87-70(75)54-47-40-33-25-22-28-35-42-49-62(5)6)58-80-67(72)51-44-37-30-24-21-27-34-41-48-61(3)4/h61-66,71H,8-60H2,1-7H3,(H,76,77)(H,78,79)/t63?,64-,65-,66-/m1/s1. The average Bonchev–Trinajstić information content (AvgIpc) is 3.70. The molecule has 0 aromatic carbocycles. The highest BCUT2D eigenvalue weighted by atomic mass is 31.2. The first-order valence-electron chi connectivity index (χ1n) is 36.4. The van der Waals surface area contributed by atoms with Gasteiger partial charge in [-0.25, -0.2) is 9.13 Å². The third kappa shape index (κ3) is 63.2. The molecule has 528 valence electrons. The molecule has 0 amide bonds. The molecule has 19 heteroatoms. The number of rotatable bonds is 68. The predicted octanol–water partition coefficient (Wildman–Crippen LogP) is 19.8. The molecular formula is C70H136O17P2. The van der Waals surface area contributed by atoms with Crippen LogP contribution in [0.15, 0.2) is 0 Å². The van der Waals surface area contributed by atoms with Crippen LogP contribution in [0.1, 0.15) is 350 Å². The van der Waals surface area contributed by atoms with Crippen molar-refractivity contribution in [3.8, 4) is 0 Å². The van der Waals surface area contributed by atoms with Crippen LogP contribution in [0, 0.1) is 17.8 Å². The quantitative estimate of drug-likeness (QED) is 0.0222. The Hall–Kier alpha value is -1.94. The van der Waals surface area contributed by atoms with Crippen molar-refractivity contribution in [2.24, 2.45) is 17.8 Å². The molecule has 0 aliphatic rings. The summed E-state index contributed by atoms with van der Waals surface area (Å²) in [7, 11) is -9.90. The zero-order valence-corrected chi connectivity index (χ0v) is 59.7. The lowest BCUT2D eigenvalue weighted by Gasteiger charge is -2.21. The van der Waals surface area contributed by atoms with Gasteiger partial charge in [0.25, 0.3) is 0 Å². The van der Waals surface area contributed by atoms with Gasteiger partial charge < -0.3 is 33.8 Å². The zero-order valence-electron chi connectivity index (χ0n) is 57.9. The molecule has 0 aromatic heterocycles. The topological polar surface area (TPSA) is 237 Å². The molecule has 17 nitrogen and oxygen atoms in total. The van der Waals surface area contributed by atoms with Crippen molar-refractivity contribution < 1.29 is 80.2 Å². The van der Waals surface area contributed by atoms with E-state index >= 15 is 0 Å².